The molecule has 0 amide bonds. The summed E-state index contributed by atoms with van der Waals surface area (Å²) in [5.41, 5.74) is 2.13. The van der Waals surface area contributed by atoms with Crippen molar-refractivity contribution in [2.75, 3.05) is 0 Å². The van der Waals surface area contributed by atoms with E-state index in [-0.39, 0.29) is 17.9 Å². The number of aromatic nitrogens is 1. The Kier molecular flexibility index (Phi) is 4.05. The second kappa shape index (κ2) is 5.74. The lowest BCUT2D eigenvalue weighted by Crippen LogP contribution is -2.22. The van der Waals surface area contributed by atoms with Gasteiger partial charge >= 0.3 is 0 Å². The van der Waals surface area contributed by atoms with Crippen molar-refractivity contribution in [2.24, 2.45) is 0 Å². The highest BCUT2D eigenvalue weighted by molar-refractivity contribution is 5.21. The third-order valence-corrected chi connectivity index (χ3v) is 3.05. The third kappa shape index (κ3) is 3.14. The van der Waals surface area contributed by atoms with Gasteiger partial charge in [-0.3, -0.25) is 4.98 Å². The van der Waals surface area contributed by atoms with Crippen LogP contribution in [0.2, 0.25) is 0 Å². The Balaban J connectivity index is 2.05. The molecule has 18 heavy (non-hydrogen) atoms. The quantitative estimate of drug-likeness (QED) is 0.888. The van der Waals surface area contributed by atoms with Gasteiger partial charge in [-0.2, -0.15) is 0 Å². The Morgan fingerprint density at radius 3 is 2.33 bits per heavy atom. The van der Waals surface area contributed by atoms with E-state index in [1.807, 2.05) is 25.1 Å². The number of benzene rings is 1. The van der Waals surface area contributed by atoms with Crippen LogP contribution in [-0.2, 0) is 0 Å². The largest absolute Gasteiger partial charge is 0.304 e. The molecule has 1 unspecified atom stereocenters. The first kappa shape index (κ1) is 12.7. The maximum atomic E-state index is 13.2. The molecule has 0 aliphatic rings. The van der Waals surface area contributed by atoms with Gasteiger partial charge in [0, 0.05) is 24.5 Å². The van der Waals surface area contributed by atoms with E-state index in [4.69, 9.17) is 0 Å². The number of nitrogens with zero attached hydrogens (tertiary/aromatic N) is 1. The summed E-state index contributed by atoms with van der Waals surface area (Å²) in [6.45, 7) is 4.12. The van der Waals surface area contributed by atoms with Gasteiger partial charge in [0.25, 0.3) is 0 Å². The lowest BCUT2D eigenvalue weighted by molar-refractivity contribution is 0.491. The molecule has 94 valence electrons. The zero-order valence-corrected chi connectivity index (χ0v) is 10.6. The van der Waals surface area contributed by atoms with Gasteiger partial charge in [-0.1, -0.05) is 12.1 Å². The average molecular weight is 244 g/mol. The van der Waals surface area contributed by atoms with Crippen LogP contribution in [0.4, 0.5) is 4.39 Å². The van der Waals surface area contributed by atoms with Crippen molar-refractivity contribution in [2.45, 2.75) is 25.9 Å². The molecule has 0 spiro atoms. The molecule has 2 nitrogen and oxygen atoms in total. The molecule has 0 fully saturated rings. The fourth-order valence-electron chi connectivity index (χ4n) is 2.00. The molecule has 0 aliphatic carbocycles. The van der Waals surface area contributed by atoms with Gasteiger partial charge < -0.3 is 5.32 Å². The van der Waals surface area contributed by atoms with Crippen molar-refractivity contribution in [3.63, 3.8) is 0 Å². The molecule has 0 aliphatic heterocycles. The van der Waals surface area contributed by atoms with Crippen LogP contribution in [-0.4, -0.2) is 4.98 Å². The number of rotatable bonds is 4. The second-order valence-corrected chi connectivity index (χ2v) is 4.45. The third-order valence-electron chi connectivity index (χ3n) is 3.05. The molecule has 2 aromatic rings. The molecule has 2 atom stereocenters. The second-order valence-electron chi connectivity index (χ2n) is 4.45. The number of pyridine rings is 1. The SMILES string of the molecule is CC(N[C@H](C)c1cccc(F)c1)c1ccncc1. The van der Waals surface area contributed by atoms with Gasteiger partial charge in [-0.15, -0.1) is 0 Å². The summed E-state index contributed by atoms with van der Waals surface area (Å²) in [5.74, 6) is -0.197. The highest BCUT2D eigenvalue weighted by atomic mass is 19.1. The summed E-state index contributed by atoms with van der Waals surface area (Å²) < 4.78 is 13.2. The van der Waals surface area contributed by atoms with Gasteiger partial charge in [0.15, 0.2) is 0 Å². The topological polar surface area (TPSA) is 24.9 Å². The first-order chi connectivity index (χ1) is 8.66. The van der Waals surface area contributed by atoms with Gasteiger partial charge in [-0.05, 0) is 49.2 Å². The highest BCUT2D eigenvalue weighted by Gasteiger charge is 2.11. The Hall–Kier alpha value is -1.74. The molecule has 0 saturated carbocycles. The summed E-state index contributed by atoms with van der Waals surface area (Å²) >= 11 is 0. The molecule has 1 aromatic carbocycles. The minimum Gasteiger partial charge on any atom is -0.304 e. The van der Waals surface area contributed by atoms with Gasteiger partial charge in [0.05, 0.1) is 0 Å². The van der Waals surface area contributed by atoms with Crippen LogP contribution in [0.1, 0.15) is 37.1 Å². The minimum absolute atomic E-state index is 0.101. The molecule has 1 N–H and O–H groups in total. The summed E-state index contributed by atoms with van der Waals surface area (Å²) in [7, 11) is 0. The van der Waals surface area contributed by atoms with Crippen LogP contribution in [0.5, 0.6) is 0 Å². The van der Waals surface area contributed by atoms with E-state index in [0.29, 0.717) is 0 Å². The van der Waals surface area contributed by atoms with Crippen LogP contribution in [0.25, 0.3) is 0 Å². The Bertz CT molecular complexity index is 499. The lowest BCUT2D eigenvalue weighted by atomic mass is 10.1. The van der Waals surface area contributed by atoms with Crippen LogP contribution >= 0.6 is 0 Å². The van der Waals surface area contributed by atoms with Crippen molar-refractivity contribution < 1.29 is 4.39 Å². The zero-order valence-electron chi connectivity index (χ0n) is 10.6. The van der Waals surface area contributed by atoms with E-state index in [9.17, 15) is 4.39 Å². The molecular weight excluding hydrogens is 227 g/mol. The minimum atomic E-state index is -0.197. The van der Waals surface area contributed by atoms with Crippen LogP contribution in [0, 0.1) is 5.82 Å². The summed E-state index contributed by atoms with van der Waals surface area (Å²) in [4.78, 5) is 4.00. The fraction of sp³-hybridized carbons (Fsp3) is 0.267. The maximum absolute atomic E-state index is 13.2. The predicted octanol–water partition coefficient (Wildman–Crippen LogP) is 3.63. The van der Waals surface area contributed by atoms with E-state index in [2.05, 4.69) is 17.2 Å². The maximum Gasteiger partial charge on any atom is 0.123 e. The lowest BCUT2D eigenvalue weighted by Gasteiger charge is -2.20. The van der Waals surface area contributed by atoms with E-state index in [0.717, 1.165) is 5.56 Å². The summed E-state index contributed by atoms with van der Waals surface area (Å²) in [5, 5.41) is 3.45. The van der Waals surface area contributed by atoms with E-state index >= 15 is 0 Å². The Morgan fingerprint density at radius 1 is 1.00 bits per heavy atom. The van der Waals surface area contributed by atoms with Crippen molar-refractivity contribution in [3.8, 4) is 0 Å². The van der Waals surface area contributed by atoms with Crippen molar-refractivity contribution >= 4 is 0 Å². The summed E-state index contributed by atoms with van der Waals surface area (Å²) in [6.07, 6.45) is 3.56. The number of hydrogen-bond donors (Lipinski definition) is 1. The van der Waals surface area contributed by atoms with Crippen LogP contribution in [0.15, 0.2) is 48.8 Å². The molecule has 0 saturated heterocycles. The number of nitrogens with one attached hydrogen (secondary N) is 1. The molecule has 0 radical (unpaired) electrons. The highest BCUT2D eigenvalue weighted by Crippen LogP contribution is 2.19. The Morgan fingerprint density at radius 2 is 1.67 bits per heavy atom. The van der Waals surface area contributed by atoms with Crippen molar-refractivity contribution in [1.29, 1.82) is 0 Å². The molecule has 1 heterocycles. The average Bonchev–Trinajstić information content (AvgIpc) is 2.39. The first-order valence-electron chi connectivity index (χ1n) is 6.08. The molecule has 3 heteroatoms. The smallest absolute Gasteiger partial charge is 0.123 e. The normalized spacial score (nSPS) is 14.2. The van der Waals surface area contributed by atoms with E-state index < -0.39 is 0 Å². The fourth-order valence-corrected chi connectivity index (χ4v) is 2.00. The zero-order chi connectivity index (χ0) is 13.0. The van der Waals surface area contributed by atoms with Crippen LogP contribution < -0.4 is 5.32 Å². The standard InChI is InChI=1S/C15H17FN2/c1-11(13-6-8-17-9-7-13)18-12(2)14-4-3-5-15(16)10-14/h3-12,18H,1-2H3/t11?,12-/m1/s1. The van der Waals surface area contributed by atoms with Gasteiger partial charge in [-0.25, -0.2) is 4.39 Å². The Labute approximate surface area is 107 Å². The molecule has 2 rings (SSSR count). The predicted molar refractivity (Wildman–Crippen MR) is 70.6 cm³/mol. The molecule has 0 bridgehead atoms. The first-order valence-corrected chi connectivity index (χ1v) is 6.08. The van der Waals surface area contributed by atoms with Gasteiger partial charge in [0.1, 0.15) is 5.82 Å². The molecular formula is C15H17FN2. The van der Waals surface area contributed by atoms with Crippen LogP contribution in [0.3, 0.4) is 0 Å². The van der Waals surface area contributed by atoms with E-state index in [1.165, 1.54) is 11.6 Å². The number of halogens is 1. The number of hydrogen-bond acceptors (Lipinski definition) is 2. The summed E-state index contributed by atoms with van der Waals surface area (Å²) in [6, 6.07) is 11.0. The van der Waals surface area contributed by atoms with Crippen molar-refractivity contribution in [3.05, 3.63) is 65.7 Å². The van der Waals surface area contributed by atoms with E-state index in [1.54, 1.807) is 24.5 Å². The van der Waals surface area contributed by atoms with Gasteiger partial charge in [0.2, 0.25) is 0 Å². The molecule has 1 aromatic heterocycles. The van der Waals surface area contributed by atoms with Crippen molar-refractivity contribution in [1.82, 2.24) is 10.3 Å². The monoisotopic (exact) mass is 244 g/mol.